The van der Waals surface area contributed by atoms with Crippen LogP contribution in [0.2, 0.25) is 0 Å². The largest absolute Gasteiger partial charge is 0.378 e. The van der Waals surface area contributed by atoms with Crippen LogP contribution in [-0.2, 0) is 23.7 Å². The monoisotopic (exact) mass is 257 g/mol. The predicted octanol–water partition coefficient (Wildman–Crippen LogP) is 0.112. The van der Waals surface area contributed by atoms with Crippen LogP contribution in [0.25, 0.3) is 0 Å². The first kappa shape index (κ1) is 12.3. The Kier molecular flexibility index (Phi) is 3.05. The molecule has 0 spiro atoms. The van der Waals surface area contributed by atoms with Gasteiger partial charge in [0.25, 0.3) is 5.91 Å². The number of morpholine rings is 1. The second-order valence-corrected chi connectivity index (χ2v) is 5.34. The first-order valence-corrected chi connectivity index (χ1v) is 6.43. The molecule has 0 aromatic carbocycles. The normalized spacial score (nSPS) is 38.8. The Morgan fingerprint density at radius 1 is 1.22 bits per heavy atom. The van der Waals surface area contributed by atoms with E-state index in [2.05, 4.69) is 0 Å². The van der Waals surface area contributed by atoms with E-state index in [-0.39, 0.29) is 12.0 Å². The summed E-state index contributed by atoms with van der Waals surface area (Å²) in [5, 5.41) is 0. The molecule has 102 valence electrons. The lowest BCUT2D eigenvalue weighted by atomic mass is 10.2. The van der Waals surface area contributed by atoms with Crippen LogP contribution in [0.3, 0.4) is 0 Å². The number of hydrogen-bond acceptors (Lipinski definition) is 5. The Morgan fingerprint density at radius 2 is 1.94 bits per heavy atom. The van der Waals surface area contributed by atoms with Gasteiger partial charge in [0.2, 0.25) is 0 Å². The molecule has 0 unspecified atom stereocenters. The molecule has 3 saturated heterocycles. The van der Waals surface area contributed by atoms with Gasteiger partial charge in [0.1, 0.15) is 12.2 Å². The van der Waals surface area contributed by atoms with E-state index >= 15 is 0 Å². The second kappa shape index (κ2) is 4.45. The molecule has 0 bridgehead atoms. The summed E-state index contributed by atoms with van der Waals surface area (Å²) in [6.45, 7) is 6.19. The van der Waals surface area contributed by atoms with Crippen LogP contribution < -0.4 is 0 Å². The third-order valence-corrected chi connectivity index (χ3v) is 3.48. The first-order valence-electron chi connectivity index (χ1n) is 6.43. The summed E-state index contributed by atoms with van der Waals surface area (Å²) in [4.78, 5) is 14.0. The molecule has 1 amide bonds. The van der Waals surface area contributed by atoms with E-state index in [0.29, 0.717) is 32.7 Å². The topological polar surface area (TPSA) is 57.2 Å². The molecule has 0 aliphatic carbocycles. The van der Waals surface area contributed by atoms with Crippen molar-refractivity contribution in [2.45, 2.75) is 44.6 Å². The van der Waals surface area contributed by atoms with E-state index in [1.165, 1.54) is 0 Å². The molecular weight excluding hydrogens is 238 g/mol. The zero-order valence-electron chi connectivity index (χ0n) is 10.8. The molecular formula is C12H19NO5. The van der Waals surface area contributed by atoms with Crippen LogP contribution in [0.4, 0.5) is 0 Å². The van der Waals surface area contributed by atoms with Gasteiger partial charge in [0.05, 0.1) is 13.2 Å². The maximum Gasteiger partial charge on any atom is 0.252 e. The number of ether oxygens (including phenoxy) is 4. The van der Waals surface area contributed by atoms with E-state index in [9.17, 15) is 4.79 Å². The molecule has 3 fully saturated rings. The van der Waals surface area contributed by atoms with Gasteiger partial charge in [0.15, 0.2) is 12.1 Å². The fourth-order valence-electron chi connectivity index (χ4n) is 2.65. The highest BCUT2D eigenvalue weighted by Gasteiger charge is 2.50. The smallest absolute Gasteiger partial charge is 0.252 e. The predicted molar refractivity (Wildman–Crippen MR) is 60.7 cm³/mol. The number of hydrogen-bond donors (Lipinski definition) is 0. The van der Waals surface area contributed by atoms with Gasteiger partial charge in [-0.15, -0.1) is 0 Å². The summed E-state index contributed by atoms with van der Waals surface area (Å²) in [7, 11) is 0. The highest BCUT2D eigenvalue weighted by atomic mass is 16.8. The van der Waals surface area contributed by atoms with Crippen molar-refractivity contribution < 1.29 is 23.7 Å². The van der Waals surface area contributed by atoms with E-state index in [1.54, 1.807) is 4.90 Å². The summed E-state index contributed by atoms with van der Waals surface area (Å²) >= 11 is 0. The molecule has 0 radical (unpaired) electrons. The summed E-state index contributed by atoms with van der Waals surface area (Å²) in [6, 6.07) is 0. The second-order valence-electron chi connectivity index (χ2n) is 5.34. The number of rotatable bonds is 1. The molecule has 6 heteroatoms. The minimum atomic E-state index is -0.609. The average Bonchev–Trinajstić information content (AvgIpc) is 2.82. The van der Waals surface area contributed by atoms with E-state index in [0.717, 1.165) is 0 Å². The maximum atomic E-state index is 12.2. The van der Waals surface area contributed by atoms with Crippen molar-refractivity contribution in [3.8, 4) is 0 Å². The van der Waals surface area contributed by atoms with Crippen LogP contribution in [-0.4, -0.2) is 61.4 Å². The van der Waals surface area contributed by atoms with Crippen LogP contribution in [0, 0.1) is 0 Å². The summed E-state index contributed by atoms with van der Waals surface area (Å²) in [5.41, 5.74) is 0. The van der Waals surface area contributed by atoms with Gasteiger partial charge < -0.3 is 23.8 Å². The van der Waals surface area contributed by atoms with Crippen molar-refractivity contribution in [1.82, 2.24) is 4.90 Å². The van der Waals surface area contributed by atoms with Crippen molar-refractivity contribution in [3.63, 3.8) is 0 Å². The Bertz CT molecular complexity index is 323. The highest BCUT2D eigenvalue weighted by Crippen LogP contribution is 2.37. The van der Waals surface area contributed by atoms with Crippen LogP contribution in [0.1, 0.15) is 20.3 Å². The van der Waals surface area contributed by atoms with E-state index in [4.69, 9.17) is 18.9 Å². The van der Waals surface area contributed by atoms with E-state index in [1.807, 2.05) is 13.8 Å². The molecule has 3 aliphatic rings. The van der Waals surface area contributed by atoms with Crippen molar-refractivity contribution >= 4 is 5.91 Å². The summed E-state index contributed by atoms with van der Waals surface area (Å²) in [5.74, 6) is -0.583. The van der Waals surface area contributed by atoms with Crippen LogP contribution in [0.15, 0.2) is 0 Å². The van der Waals surface area contributed by atoms with Crippen molar-refractivity contribution in [3.05, 3.63) is 0 Å². The number of nitrogens with zero attached hydrogens (tertiary/aromatic N) is 1. The van der Waals surface area contributed by atoms with Gasteiger partial charge in [-0.3, -0.25) is 4.79 Å². The number of fused-ring (bicyclic) bond motifs is 1. The van der Waals surface area contributed by atoms with E-state index < -0.39 is 18.2 Å². The minimum absolute atomic E-state index is 0.0257. The lowest BCUT2D eigenvalue weighted by molar-refractivity contribution is -0.208. The van der Waals surface area contributed by atoms with Gasteiger partial charge in [-0.25, -0.2) is 0 Å². The zero-order valence-corrected chi connectivity index (χ0v) is 10.8. The molecule has 0 saturated carbocycles. The Hall–Kier alpha value is -0.690. The number of carbonyl (C=O) groups is 1. The van der Waals surface area contributed by atoms with Crippen molar-refractivity contribution in [2.75, 3.05) is 26.3 Å². The number of carbonyl (C=O) groups excluding carboxylic acids is 1. The fourth-order valence-corrected chi connectivity index (χ4v) is 2.65. The van der Waals surface area contributed by atoms with Crippen molar-refractivity contribution in [2.24, 2.45) is 0 Å². The average molecular weight is 257 g/mol. The molecule has 3 aliphatic heterocycles. The molecule has 3 rings (SSSR count). The standard InChI is InChI=1S/C12H19NO5/c1-12(2)17-9-7-8(16-11(9)18-12)10(14)13-3-5-15-6-4-13/h8-9,11H,3-7H2,1-2H3/t8-,9+,11+/m1/s1. The minimum Gasteiger partial charge on any atom is -0.378 e. The third-order valence-electron chi connectivity index (χ3n) is 3.48. The SMILES string of the molecule is CC1(C)O[C@@H]2O[C@@H](C(=O)N3CCOCC3)C[C@@H]2O1. The van der Waals surface area contributed by atoms with Crippen LogP contribution >= 0.6 is 0 Å². The molecule has 0 aromatic heterocycles. The molecule has 0 N–H and O–H groups in total. The molecule has 0 aromatic rings. The Labute approximate surface area is 106 Å². The maximum absolute atomic E-state index is 12.2. The van der Waals surface area contributed by atoms with Gasteiger partial charge in [0, 0.05) is 19.5 Å². The van der Waals surface area contributed by atoms with Gasteiger partial charge >= 0.3 is 0 Å². The third kappa shape index (κ3) is 2.25. The van der Waals surface area contributed by atoms with Gasteiger partial charge in [-0.1, -0.05) is 0 Å². The lowest BCUT2D eigenvalue weighted by Gasteiger charge is -2.29. The molecule has 3 atom stereocenters. The quantitative estimate of drug-likeness (QED) is 0.667. The summed E-state index contributed by atoms with van der Waals surface area (Å²) in [6.07, 6.45) is -0.399. The zero-order chi connectivity index (χ0) is 12.8. The molecule has 6 nitrogen and oxygen atoms in total. The lowest BCUT2D eigenvalue weighted by Crippen LogP contribution is -2.46. The van der Waals surface area contributed by atoms with Crippen LogP contribution in [0.5, 0.6) is 0 Å². The first-order chi connectivity index (χ1) is 8.55. The number of amides is 1. The Balaban J connectivity index is 1.58. The molecule has 3 heterocycles. The fraction of sp³-hybridized carbons (Fsp3) is 0.917. The van der Waals surface area contributed by atoms with Crippen molar-refractivity contribution in [1.29, 1.82) is 0 Å². The molecule has 18 heavy (non-hydrogen) atoms. The summed E-state index contributed by atoms with van der Waals surface area (Å²) < 4.78 is 22.2. The Morgan fingerprint density at radius 3 is 2.61 bits per heavy atom. The van der Waals surface area contributed by atoms with Gasteiger partial charge in [-0.2, -0.15) is 0 Å². The van der Waals surface area contributed by atoms with Gasteiger partial charge in [-0.05, 0) is 13.8 Å². The highest BCUT2D eigenvalue weighted by molar-refractivity contribution is 5.81.